The van der Waals surface area contributed by atoms with Crippen LogP contribution in [0.2, 0.25) is 5.02 Å². The van der Waals surface area contributed by atoms with E-state index in [1.807, 2.05) is 25.1 Å². The molecule has 3 aliphatic carbocycles. The van der Waals surface area contributed by atoms with Gasteiger partial charge >= 0.3 is 0 Å². The van der Waals surface area contributed by atoms with Crippen LogP contribution in [-0.4, -0.2) is 30.0 Å². The highest BCUT2D eigenvalue weighted by Crippen LogP contribution is 2.52. The van der Waals surface area contributed by atoms with E-state index in [0.717, 1.165) is 24.5 Å². The Morgan fingerprint density at radius 3 is 2.72 bits per heavy atom. The third-order valence-corrected chi connectivity index (χ3v) is 6.06. The number of hydrogen-bond acceptors (Lipinski definition) is 3. The molecule has 1 unspecified atom stereocenters. The van der Waals surface area contributed by atoms with Crippen molar-refractivity contribution in [1.29, 1.82) is 0 Å². The molecule has 0 heterocycles. The summed E-state index contributed by atoms with van der Waals surface area (Å²) in [6.45, 7) is 1.75. The first kappa shape index (κ1) is 19.7. The minimum absolute atomic E-state index is 0.00513. The smallest absolute Gasteiger partial charge is 0.258 e. The van der Waals surface area contributed by atoms with Gasteiger partial charge in [0, 0.05) is 23.2 Å². The molecule has 0 aromatic heterocycles. The fourth-order valence-corrected chi connectivity index (χ4v) is 4.49. The van der Waals surface area contributed by atoms with Crippen LogP contribution in [0.1, 0.15) is 35.2 Å². The van der Waals surface area contributed by atoms with Gasteiger partial charge in [-0.25, -0.2) is 4.39 Å². The molecule has 3 aliphatic rings. The maximum absolute atomic E-state index is 13.4. The summed E-state index contributed by atoms with van der Waals surface area (Å²) < 4.78 is 18.8. The van der Waals surface area contributed by atoms with Crippen LogP contribution in [0.4, 0.5) is 4.39 Å². The van der Waals surface area contributed by atoms with Crippen LogP contribution in [0.5, 0.6) is 5.75 Å². The first-order valence-electron chi connectivity index (χ1n) is 9.60. The molecule has 5 rings (SSSR count). The molecule has 3 fully saturated rings. The maximum atomic E-state index is 13.4. The van der Waals surface area contributed by atoms with Crippen LogP contribution < -0.4 is 15.4 Å². The number of ether oxygens (including phenoxy) is 1. The van der Waals surface area contributed by atoms with Crippen molar-refractivity contribution in [2.75, 3.05) is 6.61 Å². The number of carbonyl (C=O) groups excluding carboxylic acids is 2. The van der Waals surface area contributed by atoms with E-state index in [2.05, 4.69) is 10.6 Å². The van der Waals surface area contributed by atoms with Gasteiger partial charge in [0.1, 0.15) is 11.6 Å². The van der Waals surface area contributed by atoms with E-state index in [1.165, 1.54) is 12.1 Å². The zero-order valence-corrected chi connectivity index (χ0v) is 16.8. The van der Waals surface area contributed by atoms with Gasteiger partial charge in [0.25, 0.3) is 11.8 Å². The van der Waals surface area contributed by atoms with Crippen molar-refractivity contribution in [2.45, 2.75) is 37.8 Å². The largest absolute Gasteiger partial charge is 0.484 e. The Bertz CT molecular complexity index is 959. The number of rotatable bonds is 6. The van der Waals surface area contributed by atoms with Crippen LogP contribution in [0.3, 0.4) is 0 Å². The summed E-state index contributed by atoms with van der Waals surface area (Å²) in [6, 6.07) is 11.6. The lowest BCUT2D eigenvalue weighted by Crippen LogP contribution is -2.51. The normalized spacial score (nSPS) is 24.5. The van der Waals surface area contributed by atoms with Crippen LogP contribution in [0, 0.1) is 18.7 Å². The van der Waals surface area contributed by atoms with Gasteiger partial charge in [-0.3, -0.25) is 9.59 Å². The summed E-state index contributed by atoms with van der Waals surface area (Å²) >= 11 is 5.63. The first-order chi connectivity index (χ1) is 13.8. The maximum Gasteiger partial charge on any atom is 0.258 e. The highest BCUT2D eigenvalue weighted by Gasteiger charge is 2.57. The number of halogens is 2. The molecule has 2 aromatic carbocycles. The lowest BCUT2D eigenvalue weighted by Gasteiger charge is -2.39. The predicted molar refractivity (Wildman–Crippen MR) is 108 cm³/mol. The quantitative estimate of drug-likeness (QED) is 0.755. The van der Waals surface area contributed by atoms with E-state index in [9.17, 15) is 14.0 Å². The minimum atomic E-state index is -0.590. The highest BCUT2D eigenvalue weighted by molar-refractivity contribution is 6.30. The van der Waals surface area contributed by atoms with E-state index >= 15 is 0 Å². The fourth-order valence-electron chi connectivity index (χ4n) is 4.37. The Morgan fingerprint density at radius 1 is 1.21 bits per heavy atom. The Balaban J connectivity index is 1.28. The van der Waals surface area contributed by atoms with Gasteiger partial charge in [-0.05, 0) is 56.4 Å². The zero-order valence-electron chi connectivity index (χ0n) is 16.0. The summed E-state index contributed by atoms with van der Waals surface area (Å²) in [6.07, 6.45) is 2.42. The zero-order chi connectivity index (χ0) is 20.6. The summed E-state index contributed by atoms with van der Waals surface area (Å²) in [5, 5.41) is 6.15. The van der Waals surface area contributed by atoms with Crippen molar-refractivity contribution >= 4 is 23.4 Å². The van der Waals surface area contributed by atoms with Crippen molar-refractivity contribution in [3.63, 3.8) is 0 Å². The van der Waals surface area contributed by atoms with Crippen molar-refractivity contribution in [1.82, 2.24) is 10.6 Å². The standard InChI is InChI=1S/C22H22ClFN2O3/c1-13-3-2-4-14(7-13)21(28)26-22-9-15(10-22)19(11-22)25-20(27)12-29-16-5-6-17(23)18(24)8-16/h2-8,15,19H,9-12H2,1H3,(H,25,27)(H,26,28). The number of carbonyl (C=O) groups is 2. The summed E-state index contributed by atoms with van der Waals surface area (Å²) in [5.74, 6) is -0.331. The SMILES string of the molecule is Cc1cccc(C(=O)NC23CC(C2)C(NC(=O)COc2ccc(Cl)c(F)c2)C3)c1. The second kappa shape index (κ2) is 7.67. The van der Waals surface area contributed by atoms with Crippen LogP contribution in [0.25, 0.3) is 0 Å². The summed E-state index contributed by atoms with van der Waals surface area (Å²) in [4.78, 5) is 24.8. The predicted octanol–water partition coefficient (Wildman–Crippen LogP) is 3.63. The van der Waals surface area contributed by atoms with Crippen molar-refractivity contribution in [2.24, 2.45) is 5.92 Å². The molecule has 2 aromatic rings. The van der Waals surface area contributed by atoms with Crippen LogP contribution >= 0.6 is 11.6 Å². The van der Waals surface area contributed by atoms with E-state index in [-0.39, 0.29) is 40.8 Å². The van der Waals surface area contributed by atoms with Crippen LogP contribution in [-0.2, 0) is 4.79 Å². The van der Waals surface area contributed by atoms with Crippen molar-refractivity contribution in [3.05, 3.63) is 64.4 Å². The Morgan fingerprint density at radius 2 is 2.00 bits per heavy atom. The fraction of sp³-hybridized carbons (Fsp3) is 0.364. The highest BCUT2D eigenvalue weighted by atomic mass is 35.5. The Hall–Kier alpha value is -2.60. The topological polar surface area (TPSA) is 67.4 Å². The molecule has 0 saturated heterocycles. The second-order valence-corrected chi connectivity index (χ2v) is 8.42. The third-order valence-electron chi connectivity index (χ3n) is 5.75. The van der Waals surface area contributed by atoms with Gasteiger partial charge in [0.2, 0.25) is 0 Å². The van der Waals surface area contributed by atoms with Gasteiger partial charge in [-0.2, -0.15) is 0 Å². The molecule has 0 radical (unpaired) electrons. The third kappa shape index (κ3) is 4.22. The van der Waals surface area contributed by atoms with E-state index in [1.54, 1.807) is 6.07 Å². The molecule has 7 heteroatoms. The number of amides is 2. The van der Waals surface area contributed by atoms with Crippen LogP contribution in [0.15, 0.2) is 42.5 Å². The van der Waals surface area contributed by atoms with Gasteiger partial charge < -0.3 is 15.4 Å². The molecule has 2 N–H and O–H groups in total. The first-order valence-corrected chi connectivity index (χ1v) is 9.98. The number of benzene rings is 2. The molecule has 0 spiro atoms. The molecule has 152 valence electrons. The summed E-state index contributed by atoms with van der Waals surface area (Å²) in [7, 11) is 0. The van der Waals surface area contributed by atoms with Gasteiger partial charge in [0.05, 0.1) is 5.02 Å². The van der Waals surface area contributed by atoms with Gasteiger partial charge in [-0.15, -0.1) is 0 Å². The number of fused-ring (bicyclic) bond motifs is 1. The van der Waals surface area contributed by atoms with E-state index in [0.29, 0.717) is 17.9 Å². The molecule has 1 atom stereocenters. The molecule has 5 nitrogen and oxygen atoms in total. The Kier molecular flexibility index (Phi) is 5.21. The lowest BCUT2D eigenvalue weighted by atomic mass is 9.76. The van der Waals surface area contributed by atoms with Crippen molar-refractivity contribution in [3.8, 4) is 5.75 Å². The summed E-state index contributed by atoms with van der Waals surface area (Å²) in [5.41, 5.74) is 1.45. The second-order valence-electron chi connectivity index (χ2n) is 8.01. The number of aryl methyl sites for hydroxylation is 1. The van der Waals surface area contributed by atoms with Crippen molar-refractivity contribution < 1.29 is 18.7 Å². The number of nitrogens with one attached hydrogen (secondary N) is 2. The van der Waals surface area contributed by atoms with E-state index in [4.69, 9.17) is 16.3 Å². The van der Waals surface area contributed by atoms with Gasteiger partial charge in [0.15, 0.2) is 6.61 Å². The molecule has 3 saturated carbocycles. The number of hydrogen-bond donors (Lipinski definition) is 2. The average Bonchev–Trinajstić information content (AvgIpc) is 3.16. The average molecular weight is 417 g/mol. The molecule has 29 heavy (non-hydrogen) atoms. The lowest BCUT2D eigenvalue weighted by molar-refractivity contribution is -0.124. The molecule has 2 bridgehead atoms. The molecule has 0 aliphatic heterocycles. The molecule has 2 amide bonds. The monoisotopic (exact) mass is 416 g/mol. The van der Waals surface area contributed by atoms with Gasteiger partial charge in [-0.1, -0.05) is 29.3 Å². The molecular formula is C22H22ClFN2O3. The van der Waals surface area contributed by atoms with E-state index < -0.39 is 5.82 Å². The minimum Gasteiger partial charge on any atom is -0.484 e. The molecular weight excluding hydrogens is 395 g/mol. The Labute approximate surface area is 173 Å².